The Balaban J connectivity index is 0.000000152. The zero-order chi connectivity index (χ0) is 82.6. The van der Waals surface area contributed by atoms with Gasteiger partial charge in [0.1, 0.15) is 27.6 Å². The van der Waals surface area contributed by atoms with Crippen molar-refractivity contribution < 1.29 is 36.0 Å². The molecule has 10 N–H and O–H groups in total. The number of pyridine rings is 1. The highest BCUT2D eigenvalue weighted by Crippen LogP contribution is 2.48. The summed E-state index contributed by atoms with van der Waals surface area (Å²) < 4.78 is 55.1. The molecule has 6 aliphatic rings. The second-order valence-corrected chi connectivity index (χ2v) is 35.5. The summed E-state index contributed by atoms with van der Waals surface area (Å²) in [6.07, 6.45) is 14.6. The Morgan fingerprint density at radius 1 is 0.617 bits per heavy atom. The minimum Gasteiger partial charge on any atom is -0.369 e. The predicted octanol–water partition coefficient (Wildman–Crippen LogP) is 13.0. The topological polar surface area (TPSA) is 388 Å². The molecule has 2 saturated carbocycles. The lowest BCUT2D eigenvalue weighted by Gasteiger charge is -2.40. The first kappa shape index (κ1) is 85.0. The number of amides is 4. The van der Waals surface area contributed by atoms with E-state index in [0.29, 0.717) is 67.0 Å². The maximum Gasteiger partial charge on any atom is 0.266 e. The van der Waals surface area contributed by atoms with Crippen LogP contribution in [0.25, 0.3) is 11.1 Å². The first-order chi connectivity index (χ1) is 54.8. The molecule has 6 aromatic carbocycles. The molecule has 6 atom stereocenters. The fraction of sp³-hybridized carbons (Fsp3) is 0.353. The van der Waals surface area contributed by atoms with Crippen molar-refractivity contribution in [3.63, 3.8) is 0 Å². The van der Waals surface area contributed by atoms with Crippen LogP contribution in [0.15, 0.2) is 213 Å². The van der Waals surface area contributed by atoms with E-state index in [1.54, 1.807) is 106 Å². The van der Waals surface area contributed by atoms with Crippen molar-refractivity contribution in [2.75, 3.05) is 31.6 Å². The standard InChI is InChI=1S/C25H38N4O3S.C25H26N4O3S.C18H17N5O.C17H14Cl2N4OS/c1-29-23(30)25(27-24(29)26,16-15-19-9-4-2-5-10-19)18-20-11-8-12-21(17-20)28-33(31,32)22-13-6-3-7-14-22;1-2-17-33(31,32)28-22-15-13-19(14-16-22)18-29-23(30)25(27-24(29)26,20-9-5-3-6-10-20)21-11-7-4-8-12-21;1-18(10-16(24)23(2)17(20)22-18)15-9-14(6-7-21-15)13-5-3-4-12(8-13)11-19;1-17(13-6-4-10(8-20)25-13)14(15(24)23(2)16(21)22-17)9-3-5-11(18)12(19)7-9/h3,6-7,13-14,19-21,28H,2,4-5,8-12,15-18H2,1H3,(H2,26,27);3-16,28H,2,17-18H2,1H3,(H2,26,27);3-9H,10H2,1-2H3,(H2,20,22);3-7,14H,1-2H3,(H2,21,22)/t20-,21+,25+;;18-;14?,17-/m0.01/s1. The van der Waals surface area contributed by atoms with Gasteiger partial charge in [-0.3, -0.25) is 48.5 Å². The minimum absolute atomic E-state index is 0.00259. The number of sulfonamides is 2. The van der Waals surface area contributed by atoms with Crippen molar-refractivity contribution in [1.29, 1.82) is 10.5 Å². The first-order valence-corrected chi connectivity index (χ1v) is 42.8. The van der Waals surface area contributed by atoms with Gasteiger partial charge in [-0.2, -0.15) is 10.5 Å². The van der Waals surface area contributed by atoms with Gasteiger partial charge in [-0.1, -0.05) is 184 Å². The van der Waals surface area contributed by atoms with Crippen LogP contribution in [0.3, 0.4) is 0 Å². The predicted molar refractivity (Wildman–Crippen MR) is 451 cm³/mol. The Labute approximate surface area is 686 Å². The van der Waals surface area contributed by atoms with E-state index in [1.807, 2.05) is 124 Å². The summed E-state index contributed by atoms with van der Waals surface area (Å²) in [5, 5.41) is 19.0. The highest BCUT2D eigenvalue weighted by atomic mass is 35.5. The van der Waals surface area contributed by atoms with Crippen molar-refractivity contribution in [2.24, 2.45) is 54.7 Å². The average molecular weight is 1650 g/mol. The third-order valence-corrected chi connectivity index (χ3v) is 26.9. The fourth-order valence-electron chi connectivity index (χ4n) is 15.7. The number of hydrogen-bond acceptors (Lipinski definition) is 20. The first-order valence-electron chi connectivity index (χ1n) is 38.1. The molecule has 2 fully saturated rings. The Hall–Kier alpha value is -10.8. The Morgan fingerprint density at radius 3 is 1.86 bits per heavy atom. The molecule has 0 radical (unpaired) electrons. The minimum atomic E-state index is -3.55. The molecule has 6 heterocycles. The summed E-state index contributed by atoms with van der Waals surface area (Å²) in [6, 6.07) is 58.1. The van der Waals surface area contributed by atoms with Gasteiger partial charge in [-0.15, -0.1) is 11.3 Å². The van der Waals surface area contributed by atoms with Gasteiger partial charge in [0.05, 0.1) is 56.9 Å². The summed E-state index contributed by atoms with van der Waals surface area (Å²) in [5.41, 5.74) is 27.0. The average Bonchev–Trinajstić information content (AvgIpc) is 1.55. The summed E-state index contributed by atoms with van der Waals surface area (Å²) in [4.78, 5) is 82.4. The van der Waals surface area contributed by atoms with Crippen molar-refractivity contribution in [3.8, 4) is 23.3 Å². The zero-order valence-electron chi connectivity index (χ0n) is 65.0. The number of aliphatic imine (C=N–C) groups is 4. The largest absolute Gasteiger partial charge is 0.369 e. The van der Waals surface area contributed by atoms with E-state index < -0.39 is 48.1 Å². The molecule has 4 aliphatic heterocycles. The SMILES string of the molecule is CCCS(=O)(=O)Nc1ccc(CN2C(=O)C(c3ccccc3)(c3ccccc3)N=C2N)cc1.CN1C(=O)C(c2ccc(Cl)c(Cl)c2)[C@@](C)(c2ccc(C#N)s2)N=C1N.CN1C(=O)C[C@@](C)(c2cc(-c3cccc(C#N)c3)ccn2)N=C1N.CN1C(=O)[C@@](CCC2CCCCC2)(C[C@H]2CCC[C@@H](NS(=O)(=O)c3ccccc3)C2)N=C1N. The Morgan fingerprint density at radius 2 is 1.25 bits per heavy atom. The number of anilines is 1. The van der Waals surface area contributed by atoms with Gasteiger partial charge in [-0.25, -0.2) is 41.5 Å². The number of nitriles is 2. The molecular weight excluding hydrogens is 1550 g/mol. The number of guanidine groups is 4. The highest BCUT2D eigenvalue weighted by molar-refractivity contribution is 7.92. The van der Waals surface area contributed by atoms with Gasteiger partial charge in [0, 0.05) is 43.9 Å². The molecular formula is C85H95Cl2N17O8S3. The number of halogens is 2. The smallest absolute Gasteiger partial charge is 0.266 e. The quantitative estimate of drug-likeness (QED) is 0.0413. The second kappa shape index (κ2) is 36.3. The van der Waals surface area contributed by atoms with Gasteiger partial charge in [0.2, 0.25) is 31.9 Å². The number of carbonyl (C=O) groups excluding carboxylic acids is 4. The normalized spacial score (nSPS) is 22.2. The number of aromatic nitrogens is 1. The molecule has 30 heteroatoms. The van der Waals surface area contributed by atoms with Gasteiger partial charge >= 0.3 is 0 Å². The maximum atomic E-state index is 13.8. The highest BCUT2D eigenvalue weighted by Gasteiger charge is 2.52. The van der Waals surface area contributed by atoms with Crippen LogP contribution in [-0.4, -0.2) is 127 Å². The molecule has 115 heavy (non-hydrogen) atoms. The van der Waals surface area contributed by atoms with E-state index >= 15 is 0 Å². The number of likely N-dealkylation sites (N-methyl/N-ethyl adjacent to an activating group) is 2. The van der Waals surface area contributed by atoms with Crippen LogP contribution in [0, 0.1) is 34.5 Å². The summed E-state index contributed by atoms with van der Waals surface area (Å²) in [5.74, 6) is 0.583. The van der Waals surface area contributed by atoms with Crippen molar-refractivity contribution in [2.45, 2.75) is 156 Å². The molecule has 2 aromatic heterocycles. The van der Waals surface area contributed by atoms with Gasteiger partial charge in [0.15, 0.2) is 29.4 Å². The van der Waals surface area contributed by atoms with Crippen LogP contribution in [0.4, 0.5) is 5.69 Å². The van der Waals surface area contributed by atoms with Crippen LogP contribution in [-0.2, 0) is 62.4 Å². The van der Waals surface area contributed by atoms with Gasteiger partial charge < -0.3 is 22.9 Å². The number of thiophene rings is 1. The van der Waals surface area contributed by atoms with Crippen molar-refractivity contribution in [1.82, 2.24) is 29.3 Å². The molecule has 2 aliphatic carbocycles. The molecule has 0 bridgehead atoms. The lowest BCUT2D eigenvalue weighted by atomic mass is 9.74. The molecule has 8 aromatic rings. The zero-order valence-corrected chi connectivity index (χ0v) is 69.0. The summed E-state index contributed by atoms with van der Waals surface area (Å²) >= 11 is 13.5. The lowest BCUT2D eigenvalue weighted by molar-refractivity contribution is -0.132. The Bertz CT molecular complexity index is 5310. The van der Waals surface area contributed by atoms with Crippen LogP contribution < -0.4 is 32.4 Å². The van der Waals surface area contributed by atoms with E-state index in [9.17, 15) is 36.0 Å². The number of carbonyl (C=O) groups is 4. The number of rotatable bonds is 20. The second-order valence-electron chi connectivity index (χ2n) is 30.1. The van der Waals surface area contributed by atoms with Crippen LogP contribution in [0.5, 0.6) is 0 Å². The molecule has 25 nitrogen and oxygen atoms in total. The lowest BCUT2D eigenvalue weighted by Crippen LogP contribution is -2.52. The molecule has 0 spiro atoms. The van der Waals surface area contributed by atoms with Crippen LogP contribution >= 0.6 is 34.5 Å². The number of hydrogen-bond donors (Lipinski definition) is 6. The molecule has 14 rings (SSSR count). The van der Waals surface area contributed by atoms with Gasteiger partial charge in [0.25, 0.3) is 11.8 Å². The summed E-state index contributed by atoms with van der Waals surface area (Å²) in [7, 11) is -2.02. The monoisotopic (exact) mass is 1650 g/mol. The fourth-order valence-corrected chi connectivity index (χ4v) is 19.4. The van der Waals surface area contributed by atoms with Crippen molar-refractivity contribution >= 4 is 108 Å². The Kier molecular flexibility index (Phi) is 26.9. The maximum absolute atomic E-state index is 13.8. The molecule has 4 amide bonds. The number of nitrogens with two attached hydrogens (primary N) is 4. The van der Waals surface area contributed by atoms with Crippen LogP contribution in [0.1, 0.15) is 160 Å². The molecule has 600 valence electrons. The van der Waals surface area contributed by atoms with Gasteiger partial charge in [-0.05, 0) is 170 Å². The summed E-state index contributed by atoms with van der Waals surface area (Å²) in [6.45, 7) is 5.72. The van der Waals surface area contributed by atoms with E-state index in [1.165, 1.54) is 63.0 Å². The van der Waals surface area contributed by atoms with E-state index in [-0.39, 0.29) is 72.2 Å². The number of nitrogens with zero attached hydrogens (tertiary/aromatic N) is 11. The third-order valence-electron chi connectivity index (χ3n) is 21.9. The van der Waals surface area contributed by atoms with E-state index in [2.05, 4.69) is 41.5 Å². The number of benzene rings is 6. The third kappa shape index (κ3) is 19.4. The molecule has 0 saturated heterocycles. The van der Waals surface area contributed by atoms with Crippen LogP contribution in [0.2, 0.25) is 10.0 Å². The van der Waals surface area contributed by atoms with Crippen molar-refractivity contribution in [3.05, 3.63) is 241 Å². The number of nitrogens with one attached hydrogen (secondary N) is 2. The van der Waals surface area contributed by atoms with E-state index in [4.69, 9.17) is 61.7 Å². The molecule has 1 unspecified atom stereocenters. The van der Waals surface area contributed by atoms with E-state index in [0.717, 1.165) is 71.2 Å².